The second-order valence-corrected chi connectivity index (χ2v) is 11.1. The lowest BCUT2D eigenvalue weighted by Gasteiger charge is -2.31. The van der Waals surface area contributed by atoms with Crippen molar-refractivity contribution in [1.82, 2.24) is 0 Å². The Bertz CT molecular complexity index is 447. The van der Waals surface area contributed by atoms with E-state index in [0.29, 0.717) is 13.2 Å². The quantitative estimate of drug-likeness (QED) is 0.607. The van der Waals surface area contributed by atoms with Crippen LogP contribution in [0, 0.1) is 0 Å². The van der Waals surface area contributed by atoms with Crippen molar-refractivity contribution in [3.8, 4) is 5.75 Å². The molecule has 1 aliphatic rings. The maximum atomic E-state index is 6.49. The molecule has 1 heterocycles. The molecule has 0 saturated carbocycles. The first kappa shape index (κ1) is 15.8. The molecule has 5 heteroatoms. The molecule has 0 spiro atoms. The number of ether oxygens (including phenoxy) is 2. The molecule has 1 aliphatic heterocycles. The van der Waals surface area contributed by atoms with Gasteiger partial charge in [0.1, 0.15) is 18.5 Å². The monoisotopic (exact) mass is 314 g/mol. The highest BCUT2D eigenvalue weighted by Crippen LogP contribution is 2.37. The summed E-state index contributed by atoms with van der Waals surface area (Å²) in [5, 5.41) is -0.168. The molecular weight excluding hydrogens is 292 g/mol. The average molecular weight is 315 g/mol. The van der Waals surface area contributed by atoms with E-state index in [1.807, 2.05) is 31.2 Å². The highest BCUT2D eigenvalue weighted by Gasteiger charge is 2.30. The van der Waals surface area contributed by atoms with Gasteiger partial charge in [-0.2, -0.15) is 0 Å². The molecule has 20 heavy (non-hydrogen) atoms. The summed E-state index contributed by atoms with van der Waals surface area (Å²) >= 11 is 6.49. The van der Waals surface area contributed by atoms with Crippen LogP contribution in [0.2, 0.25) is 19.6 Å². The fraction of sp³-hybridized carbons (Fsp3) is 0.600. The predicted octanol–water partition coefficient (Wildman–Crippen LogP) is 3.98. The van der Waals surface area contributed by atoms with Crippen molar-refractivity contribution in [2.75, 3.05) is 13.2 Å². The zero-order valence-electron chi connectivity index (χ0n) is 12.6. The van der Waals surface area contributed by atoms with Crippen molar-refractivity contribution in [1.29, 1.82) is 0 Å². The molecule has 3 nitrogen and oxygen atoms in total. The summed E-state index contributed by atoms with van der Waals surface area (Å²) in [7, 11) is -1.53. The molecule has 3 unspecified atom stereocenters. The lowest BCUT2D eigenvalue weighted by molar-refractivity contribution is -0.0258. The molecule has 2 rings (SSSR count). The highest BCUT2D eigenvalue weighted by atomic mass is 35.5. The topological polar surface area (TPSA) is 27.7 Å². The Morgan fingerprint density at radius 1 is 1.35 bits per heavy atom. The first-order chi connectivity index (χ1) is 9.37. The number of para-hydroxylation sites is 1. The second-order valence-electron chi connectivity index (χ2n) is 6.16. The average Bonchev–Trinajstić information content (AvgIpc) is 2.36. The lowest BCUT2D eigenvalue weighted by Crippen LogP contribution is -2.37. The molecule has 0 fully saturated rings. The fourth-order valence-electron chi connectivity index (χ4n) is 2.33. The normalized spacial score (nSPS) is 23.9. The highest BCUT2D eigenvalue weighted by molar-refractivity contribution is 6.69. The van der Waals surface area contributed by atoms with Gasteiger partial charge < -0.3 is 13.9 Å². The van der Waals surface area contributed by atoms with Crippen LogP contribution >= 0.6 is 11.6 Å². The minimum absolute atomic E-state index is 0.0858. The Kier molecular flexibility index (Phi) is 5.12. The van der Waals surface area contributed by atoms with E-state index in [9.17, 15) is 0 Å². The maximum absolute atomic E-state index is 6.49. The minimum Gasteiger partial charge on any atom is -0.490 e. The van der Waals surface area contributed by atoms with Crippen molar-refractivity contribution in [2.24, 2.45) is 0 Å². The Morgan fingerprint density at radius 2 is 2.05 bits per heavy atom. The van der Waals surface area contributed by atoms with Crippen LogP contribution in [0.3, 0.4) is 0 Å². The third-order valence-electron chi connectivity index (χ3n) is 3.05. The Balaban J connectivity index is 1.89. The van der Waals surface area contributed by atoms with Gasteiger partial charge in [0.05, 0.1) is 18.1 Å². The lowest BCUT2D eigenvalue weighted by atomic mass is 10.0. The summed E-state index contributed by atoms with van der Waals surface area (Å²) in [6, 6.07) is 7.85. The number of hydrogen-bond acceptors (Lipinski definition) is 3. The van der Waals surface area contributed by atoms with Gasteiger partial charge in [0, 0.05) is 5.56 Å². The van der Waals surface area contributed by atoms with E-state index in [4.69, 9.17) is 25.5 Å². The third-order valence-corrected chi connectivity index (χ3v) is 4.67. The number of benzene rings is 1. The predicted molar refractivity (Wildman–Crippen MR) is 84.2 cm³/mol. The van der Waals surface area contributed by atoms with Crippen LogP contribution in [0.25, 0.3) is 0 Å². The molecular formula is C15H23ClO3Si. The van der Waals surface area contributed by atoms with Crippen LogP contribution in [0.5, 0.6) is 5.75 Å². The summed E-state index contributed by atoms with van der Waals surface area (Å²) in [5.41, 5.74) is 1.00. The molecule has 0 amide bonds. The Labute approximate surface area is 127 Å². The van der Waals surface area contributed by atoms with Gasteiger partial charge in [-0.05, 0) is 32.6 Å². The van der Waals surface area contributed by atoms with Gasteiger partial charge in [0.15, 0.2) is 8.32 Å². The smallest absolute Gasteiger partial charge is 0.184 e. The molecule has 0 aliphatic carbocycles. The van der Waals surface area contributed by atoms with Crippen LogP contribution in [-0.2, 0) is 9.16 Å². The summed E-state index contributed by atoms with van der Waals surface area (Å²) in [4.78, 5) is 0. The summed E-state index contributed by atoms with van der Waals surface area (Å²) in [6.45, 7) is 9.60. The van der Waals surface area contributed by atoms with Gasteiger partial charge in [-0.1, -0.05) is 18.2 Å². The van der Waals surface area contributed by atoms with Gasteiger partial charge in [-0.25, -0.2) is 0 Å². The van der Waals surface area contributed by atoms with Gasteiger partial charge >= 0.3 is 0 Å². The fourth-order valence-corrected chi connectivity index (χ4v) is 3.93. The van der Waals surface area contributed by atoms with Crippen molar-refractivity contribution >= 4 is 19.9 Å². The van der Waals surface area contributed by atoms with Crippen LogP contribution in [0.4, 0.5) is 0 Å². The molecule has 112 valence electrons. The first-order valence-electron chi connectivity index (χ1n) is 7.02. The number of alkyl halides is 1. The zero-order chi connectivity index (χ0) is 14.8. The van der Waals surface area contributed by atoms with Crippen LogP contribution < -0.4 is 4.74 Å². The first-order valence-corrected chi connectivity index (χ1v) is 10.9. The van der Waals surface area contributed by atoms with E-state index >= 15 is 0 Å². The minimum atomic E-state index is -1.53. The van der Waals surface area contributed by atoms with Crippen LogP contribution in [0.1, 0.15) is 17.9 Å². The Hall–Kier alpha value is -0.553. The van der Waals surface area contributed by atoms with Gasteiger partial charge in [-0.3, -0.25) is 0 Å². The molecule has 0 aromatic heterocycles. The zero-order valence-corrected chi connectivity index (χ0v) is 14.3. The maximum Gasteiger partial charge on any atom is 0.184 e. The number of hydrogen-bond donors (Lipinski definition) is 0. The van der Waals surface area contributed by atoms with Crippen molar-refractivity contribution in [2.45, 2.75) is 44.1 Å². The number of halogens is 1. The van der Waals surface area contributed by atoms with E-state index in [2.05, 4.69) is 19.6 Å². The molecule has 3 atom stereocenters. The summed E-state index contributed by atoms with van der Waals surface area (Å²) in [6.07, 6.45) is -0.0399. The van der Waals surface area contributed by atoms with Crippen molar-refractivity contribution in [3.05, 3.63) is 29.8 Å². The number of rotatable bonds is 5. The molecule has 0 saturated heterocycles. The van der Waals surface area contributed by atoms with Crippen LogP contribution in [0.15, 0.2) is 24.3 Å². The van der Waals surface area contributed by atoms with E-state index in [-0.39, 0.29) is 17.6 Å². The molecule has 0 N–H and O–H groups in total. The van der Waals surface area contributed by atoms with E-state index in [1.165, 1.54) is 0 Å². The van der Waals surface area contributed by atoms with E-state index in [1.54, 1.807) is 0 Å². The van der Waals surface area contributed by atoms with E-state index < -0.39 is 8.32 Å². The Morgan fingerprint density at radius 3 is 2.75 bits per heavy atom. The molecule has 1 aromatic carbocycles. The summed E-state index contributed by atoms with van der Waals surface area (Å²) < 4.78 is 17.6. The third kappa shape index (κ3) is 4.22. The van der Waals surface area contributed by atoms with Gasteiger partial charge in [-0.15, -0.1) is 11.6 Å². The van der Waals surface area contributed by atoms with Crippen LogP contribution in [-0.4, -0.2) is 33.7 Å². The van der Waals surface area contributed by atoms with E-state index in [0.717, 1.165) is 11.3 Å². The molecule has 0 radical (unpaired) electrons. The molecule has 1 aromatic rings. The largest absolute Gasteiger partial charge is 0.490 e. The standard InChI is InChI=1S/C15H23ClO3Si/c1-11(19-20(2,3)4)9-17-14-10-18-13-8-6-5-7-12(13)15(14)16/h5-8,11,14-15H,9-10H2,1-4H3. The van der Waals surface area contributed by atoms with Gasteiger partial charge in [0.25, 0.3) is 0 Å². The molecule has 0 bridgehead atoms. The van der Waals surface area contributed by atoms with Crippen molar-refractivity contribution < 1.29 is 13.9 Å². The van der Waals surface area contributed by atoms with Crippen molar-refractivity contribution in [3.63, 3.8) is 0 Å². The summed E-state index contributed by atoms with van der Waals surface area (Å²) in [5.74, 6) is 0.860. The number of fused-ring (bicyclic) bond motifs is 1. The SMILES string of the molecule is CC(COC1COc2ccccc2C1Cl)O[Si](C)(C)C. The van der Waals surface area contributed by atoms with Gasteiger partial charge in [0.2, 0.25) is 0 Å². The second kappa shape index (κ2) is 6.48.